The molecule has 0 aliphatic heterocycles. The first-order chi connectivity index (χ1) is 9.04. The third-order valence-electron chi connectivity index (χ3n) is 2.95. The van der Waals surface area contributed by atoms with Crippen LogP contribution in [-0.2, 0) is 21.3 Å². The average molecular weight is 282 g/mol. The van der Waals surface area contributed by atoms with Crippen LogP contribution in [0.5, 0.6) is 0 Å². The number of ether oxygens (including phenoxy) is 1. The molecule has 2 N–H and O–H groups in total. The Labute approximate surface area is 113 Å². The molecule has 104 valence electrons. The highest BCUT2D eigenvalue weighted by Gasteiger charge is 2.16. The van der Waals surface area contributed by atoms with Crippen LogP contribution in [0.2, 0.25) is 0 Å². The molecule has 0 unspecified atom stereocenters. The first-order valence-corrected chi connectivity index (χ1v) is 7.77. The van der Waals surface area contributed by atoms with Crippen molar-refractivity contribution in [3.63, 3.8) is 0 Å². The predicted molar refractivity (Wildman–Crippen MR) is 74.4 cm³/mol. The standard InChI is InChI=1S/C13H18N2O3S/c1-2-18-9-5-8-15-10-13(19(14,16)17)11-6-3-4-7-12(11)15/h3-4,6-7,10H,2,5,8-9H2,1H3,(H2,14,16,17). The number of nitrogens with two attached hydrogens (primary N) is 1. The molecule has 1 aromatic heterocycles. The van der Waals surface area contributed by atoms with Crippen molar-refractivity contribution in [2.75, 3.05) is 13.2 Å². The summed E-state index contributed by atoms with van der Waals surface area (Å²) in [4.78, 5) is 0.180. The molecule has 2 aromatic rings. The molecule has 0 radical (unpaired) electrons. The summed E-state index contributed by atoms with van der Waals surface area (Å²) in [6.45, 7) is 4.00. The van der Waals surface area contributed by atoms with Crippen LogP contribution in [0.25, 0.3) is 10.9 Å². The van der Waals surface area contributed by atoms with Gasteiger partial charge in [-0.3, -0.25) is 0 Å². The van der Waals surface area contributed by atoms with Crippen molar-refractivity contribution in [2.45, 2.75) is 24.8 Å². The number of aryl methyl sites for hydroxylation is 1. The Morgan fingerprint density at radius 1 is 1.32 bits per heavy atom. The maximum atomic E-state index is 11.6. The number of nitrogens with zero attached hydrogens (tertiary/aromatic N) is 1. The normalized spacial score (nSPS) is 12.1. The van der Waals surface area contributed by atoms with E-state index in [9.17, 15) is 8.42 Å². The number of hydrogen-bond donors (Lipinski definition) is 1. The second-order valence-electron chi connectivity index (χ2n) is 4.30. The Morgan fingerprint density at radius 2 is 2.05 bits per heavy atom. The summed E-state index contributed by atoms with van der Waals surface area (Å²) in [6, 6.07) is 7.36. The van der Waals surface area contributed by atoms with Gasteiger partial charge < -0.3 is 9.30 Å². The number of aromatic nitrogens is 1. The number of benzene rings is 1. The molecule has 1 heterocycles. The van der Waals surface area contributed by atoms with Gasteiger partial charge in [-0.2, -0.15) is 0 Å². The molecule has 6 heteroatoms. The Morgan fingerprint density at radius 3 is 2.74 bits per heavy atom. The third kappa shape index (κ3) is 3.15. The molecule has 0 spiro atoms. The molecular formula is C13H18N2O3S. The van der Waals surface area contributed by atoms with Gasteiger partial charge in [0, 0.05) is 36.9 Å². The van der Waals surface area contributed by atoms with E-state index in [1.807, 2.05) is 29.7 Å². The Balaban J connectivity index is 2.34. The van der Waals surface area contributed by atoms with Crippen LogP contribution in [0, 0.1) is 0 Å². The monoisotopic (exact) mass is 282 g/mol. The molecule has 0 amide bonds. The zero-order chi connectivity index (χ0) is 13.9. The average Bonchev–Trinajstić information content (AvgIpc) is 2.74. The molecule has 19 heavy (non-hydrogen) atoms. The van der Waals surface area contributed by atoms with E-state index in [2.05, 4.69) is 0 Å². The molecular weight excluding hydrogens is 264 g/mol. The van der Waals surface area contributed by atoms with Crippen LogP contribution < -0.4 is 5.14 Å². The predicted octanol–water partition coefficient (Wildman–Crippen LogP) is 1.72. The molecule has 0 atom stereocenters. The summed E-state index contributed by atoms with van der Waals surface area (Å²) >= 11 is 0. The summed E-state index contributed by atoms with van der Waals surface area (Å²) in [6.07, 6.45) is 2.43. The summed E-state index contributed by atoms with van der Waals surface area (Å²) in [5, 5.41) is 5.91. The van der Waals surface area contributed by atoms with Crippen LogP contribution in [-0.4, -0.2) is 26.2 Å². The molecule has 1 aromatic carbocycles. The molecule has 0 aliphatic carbocycles. The number of para-hydroxylation sites is 1. The summed E-state index contributed by atoms with van der Waals surface area (Å²) < 4.78 is 30.3. The maximum absolute atomic E-state index is 11.6. The first kappa shape index (κ1) is 14.0. The van der Waals surface area contributed by atoms with Gasteiger partial charge in [-0.1, -0.05) is 18.2 Å². The van der Waals surface area contributed by atoms with Crippen LogP contribution >= 0.6 is 0 Å². The summed E-state index contributed by atoms with van der Waals surface area (Å²) in [5.41, 5.74) is 0.878. The van der Waals surface area contributed by atoms with Crippen LogP contribution in [0.1, 0.15) is 13.3 Å². The highest BCUT2D eigenvalue weighted by atomic mass is 32.2. The minimum atomic E-state index is -3.70. The van der Waals surface area contributed by atoms with Gasteiger partial charge in [0.1, 0.15) is 4.90 Å². The van der Waals surface area contributed by atoms with Crippen molar-refractivity contribution >= 4 is 20.9 Å². The van der Waals surface area contributed by atoms with Gasteiger partial charge in [-0.25, -0.2) is 13.6 Å². The number of primary sulfonamides is 1. The van der Waals surface area contributed by atoms with Gasteiger partial charge in [-0.15, -0.1) is 0 Å². The minimum absolute atomic E-state index is 0.180. The second kappa shape index (κ2) is 5.73. The van der Waals surface area contributed by atoms with Gasteiger partial charge in [0.15, 0.2) is 0 Å². The van der Waals surface area contributed by atoms with Crippen molar-refractivity contribution in [3.05, 3.63) is 30.5 Å². The Hall–Kier alpha value is -1.37. The molecule has 0 bridgehead atoms. The van der Waals surface area contributed by atoms with Crippen molar-refractivity contribution in [1.29, 1.82) is 0 Å². The van der Waals surface area contributed by atoms with Crippen LogP contribution in [0.15, 0.2) is 35.4 Å². The molecule has 0 saturated heterocycles. The van der Waals surface area contributed by atoms with E-state index in [1.165, 1.54) is 0 Å². The van der Waals surface area contributed by atoms with Gasteiger partial charge >= 0.3 is 0 Å². The Kier molecular flexibility index (Phi) is 4.24. The minimum Gasteiger partial charge on any atom is -0.382 e. The van der Waals surface area contributed by atoms with E-state index in [1.54, 1.807) is 12.3 Å². The number of hydrogen-bond acceptors (Lipinski definition) is 3. The lowest BCUT2D eigenvalue weighted by atomic mass is 10.2. The highest BCUT2D eigenvalue weighted by molar-refractivity contribution is 7.89. The number of rotatable bonds is 6. The molecule has 0 fully saturated rings. The maximum Gasteiger partial charge on any atom is 0.240 e. The first-order valence-electron chi connectivity index (χ1n) is 6.22. The zero-order valence-electron chi connectivity index (χ0n) is 10.9. The van der Waals surface area contributed by atoms with E-state index >= 15 is 0 Å². The molecule has 0 aliphatic rings. The topological polar surface area (TPSA) is 74.3 Å². The van der Waals surface area contributed by atoms with Crippen LogP contribution in [0.3, 0.4) is 0 Å². The van der Waals surface area contributed by atoms with E-state index in [4.69, 9.17) is 9.88 Å². The fourth-order valence-electron chi connectivity index (χ4n) is 2.11. The fraction of sp³-hybridized carbons (Fsp3) is 0.385. The van der Waals surface area contributed by atoms with Crippen molar-refractivity contribution in [3.8, 4) is 0 Å². The molecule has 2 rings (SSSR count). The van der Waals surface area contributed by atoms with Crippen molar-refractivity contribution < 1.29 is 13.2 Å². The molecule has 5 nitrogen and oxygen atoms in total. The van der Waals surface area contributed by atoms with Gasteiger partial charge in [0.25, 0.3) is 0 Å². The summed E-state index contributed by atoms with van der Waals surface area (Å²) in [5.74, 6) is 0. The van der Waals surface area contributed by atoms with E-state index < -0.39 is 10.0 Å². The number of fused-ring (bicyclic) bond motifs is 1. The van der Waals surface area contributed by atoms with Gasteiger partial charge in [-0.05, 0) is 19.4 Å². The fourth-order valence-corrected chi connectivity index (χ4v) is 2.86. The lowest BCUT2D eigenvalue weighted by Crippen LogP contribution is -2.11. The van der Waals surface area contributed by atoms with Gasteiger partial charge in [0.05, 0.1) is 0 Å². The van der Waals surface area contributed by atoms with Crippen molar-refractivity contribution in [2.24, 2.45) is 5.14 Å². The molecule has 0 saturated carbocycles. The smallest absolute Gasteiger partial charge is 0.240 e. The zero-order valence-corrected chi connectivity index (χ0v) is 11.7. The SMILES string of the molecule is CCOCCCn1cc(S(N)(=O)=O)c2ccccc21. The highest BCUT2D eigenvalue weighted by Crippen LogP contribution is 2.24. The largest absolute Gasteiger partial charge is 0.382 e. The number of sulfonamides is 1. The second-order valence-corrected chi connectivity index (χ2v) is 5.83. The lowest BCUT2D eigenvalue weighted by Gasteiger charge is -2.05. The van der Waals surface area contributed by atoms with Gasteiger partial charge in [0.2, 0.25) is 10.0 Å². The third-order valence-corrected chi connectivity index (χ3v) is 3.89. The van der Waals surface area contributed by atoms with E-state index in [-0.39, 0.29) is 4.90 Å². The summed E-state index contributed by atoms with van der Waals surface area (Å²) in [7, 11) is -3.70. The van der Waals surface area contributed by atoms with Crippen molar-refractivity contribution in [1.82, 2.24) is 4.57 Å². The quantitative estimate of drug-likeness (QED) is 0.820. The lowest BCUT2D eigenvalue weighted by molar-refractivity contribution is 0.142. The van der Waals surface area contributed by atoms with E-state index in [0.29, 0.717) is 25.1 Å². The van der Waals surface area contributed by atoms with E-state index in [0.717, 1.165) is 11.9 Å². The van der Waals surface area contributed by atoms with Crippen LogP contribution in [0.4, 0.5) is 0 Å². The Bertz CT molecular complexity index is 662.